The Balaban J connectivity index is 3.26. The van der Waals surface area contributed by atoms with Gasteiger partial charge < -0.3 is 0 Å². The molecule has 0 amide bonds. The largest absolute Gasteiger partial charge is 0.305 e. The van der Waals surface area contributed by atoms with Crippen LogP contribution in [0.4, 0.5) is 10.1 Å². The van der Waals surface area contributed by atoms with E-state index in [-0.39, 0.29) is 0 Å². The van der Waals surface area contributed by atoms with Crippen molar-refractivity contribution in [3.05, 3.63) is 45.3 Å². The lowest BCUT2D eigenvalue weighted by molar-refractivity contribution is -0.387. The Kier molecular flexibility index (Phi) is 3.13. The van der Waals surface area contributed by atoms with E-state index in [0.717, 1.165) is 12.1 Å². The van der Waals surface area contributed by atoms with Crippen LogP contribution in [0.5, 0.6) is 0 Å². The van der Waals surface area contributed by atoms with Gasteiger partial charge in [-0.3, -0.25) is 10.1 Å². The lowest BCUT2D eigenvalue weighted by atomic mass is 10.1. The first-order valence-corrected chi connectivity index (χ1v) is 4.07. The number of hydrogen-bond acceptors (Lipinski definition) is 3. The van der Waals surface area contributed by atoms with Gasteiger partial charge in [-0.05, 0) is 30.2 Å². The van der Waals surface area contributed by atoms with Crippen LogP contribution in [0.2, 0.25) is 0 Å². The number of nitro benzene ring substituents is 1. The van der Waals surface area contributed by atoms with Gasteiger partial charge in [-0.2, -0.15) is 9.65 Å². The van der Waals surface area contributed by atoms with Gasteiger partial charge in [-0.25, -0.2) is 0 Å². The highest BCUT2D eigenvalue weighted by molar-refractivity contribution is 5.58. The monoisotopic (exact) mass is 206 g/mol. The fourth-order valence-corrected chi connectivity index (χ4v) is 1.13. The number of rotatable bonds is 2. The van der Waals surface area contributed by atoms with Crippen LogP contribution >= 0.6 is 0 Å². The lowest BCUT2D eigenvalue weighted by Crippen LogP contribution is -1.94. The van der Waals surface area contributed by atoms with Crippen molar-refractivity contribution in [3.8, 4) is 6.07 Å². The third-order valence-corrected chi connectivity index (χ3v) is 1.87. The molecule has 0 aliphatic carbocycles. The molecular formula is C10H7FN2O2. The first-order chi connectivity index (χ1) is 7.06. The molecule has 76 valence electrons. The van der Waals surface area contributed by atoms with Crippen LogP contribution in [0.25, 0.3) is 6.08 Å². The highest BCUT2D eigenvalue weighted by atomic mass is 19.1. The van der Waals surface area contributed by atoms with Crippen molar-refractivity contribution < 1.29 is 9.31 Å². The zero-order valence-electron chi connectivity index (χ0n) is 7.90. The van der Waals surface area contributed by atoms with Gasteiger partial charge in [0.2, 0.25) is 5.82 Å². The Morgan fingerprint density at radius 1 is 1.60 bits per heavy atom. The molecule has 4 nitrogen and oxygen atoms in total. The van der Waals surface area contributed by atoms with Crippen LogP contribution in [0.1, 0.15) is 11.1 Å². The van der Waals surface area contributed by atoms with Crippen molar-refractivity contribution in [1.29, 1.82) is 5.26 Å². The molecule has 0 heterocycles. The average Bonchev–Trinajstić information content (AvgIpc) is 2.18. The van der Waals surface area contributed by atoms with Crippen LogP contribution < -0.4 is 0 Å². The molecule has 0 radical (unpaired) electrons. The molecule has 15 heavy (non-hydrogen) atoms. The Morgan fingerprint density at radius 2 is 2.27 bits per heavy atom. The van der Waals surface area contributed by atoms with Crippen molar-refractivity contribution in [3.63, 3.8) is 0 Å². The molecule has 1 aromatic carbocycles. The topological polar surface area (TPSA) is 66.9 Å². The van der Waals surface area contributed by atoms with E-state index in [1.807, 2.05) is 0 Å². The van der Waals surface area contributed by atoms with Gasteiger partial charge in [0.1, 0.15) is 0 Å². The minimum atomic E-state index is -0.900. The van der Waals surface area contributed by atoms with E-state index in [4.69, 9.17) is 5.26 Å². The molecule has 0 unspecified atom stereocenters. The minimum absolute atomic E-state index is 0.458. The summed E-state index contributed by atoms with van der Waals surface area (Å²) in [6.07, 6.45) is 2.59. The van der Waals surface area contributed by atoms with Gasteiger partial charge in [0.25, 0.3) is 0 Å². The number of nitriles is 1. The van der Waals surface area contributed by atoms with Crippen LogP contribution in [0.3, 0.4) is 0 Å². The summed E-state index contributed by atoms with van der Waals surface area (Å²) in [4.78, 5) is 9.62. The number of halogens is 1. The van der Waals surface area contributed by atoms with Gasteiger partial charge in [0.15, 0.2) is 0 Å². The summed E-state index contributed by atoms with van der Waals surface area (Å²) in [5, 5.41) is 18.7. The van der Waals surface area contributed by atoms with E-state index < -0.39 is 16.4 Å². The predicted molar refractivity (Wildman–Crippen MR) is 52.4 cm³/mol. The third kappa shape index (κ3) is 2.38. The number of hydrogen-bond donors (Lipinski definition) is 0. The average molecular weight is 206 g/mol. The van der Waals surface area contributed by atoms with Crippen LogP contribution in [0, 0.1) is 34.2 Å². The van der Waals surface area contributed by atoms with Gasteiger partial charge in [0.05, 0.1) is 11.0 Å². The molecule has 0 bridgehead atoms. The smallest absolute Gasteiger partial charge is 0.258 e. The lowest BCUT2D eigenvalue weighted by Gasteiger charge is -2.00. The Labute approximate surface area is 85.4 Å². The molecule has 5 heteroatoms. The SMILES string of the molecule is Cc1cc([N+](=O)[O-])c(F)cc1C=CC#N. The molecule has 1 rings (SSSR count). The van der Waals surface area contributed by atoms with Crippen molar-refractivity contribution >= 4 is 11.8 Å². The number of nitrogens with zero attached hydrogens (tertiary/aromatic N) is 2. The number of benzene rings is 1. The molecule has 0 atom stereocenters. The summed E-state index contributed by atoms with van der Waals surface area (Å²) in [6, 6.07) is 3.95. The van der Waals surface area contributed by atoms with E-state index in [9.17, 15) is 14.5 Å². The summed E-state index contributed by atoms with van der Waals surface area (Å²) in [6.45, 7) is 1.61. The van der Waals surface area contributed by atoms with Crippen molar-refractivity contribution in [2.45, 2.75) is 6.92 Å². The quantitative estimate of drug-likeness (QED) is 0.424. The molecule has 0 saturated heterocycles. The highest BCUT2D eigenvalue weighted by Gasteiger charge is 2.15. The van der Waals surface area contributed by atoms with E-state index in [1.165, 1.54) is 12.2 Å². The van der Waals surface area contributed by atoms with Crippen molar-refractivity contribution in [1.82, 2.24) is 0 Å². The standard InChI is InChI=1S/C10H7FN2O2/c1-7-5-10(13(14)15)9(11)6-8(7)3-2-4-12/h2-3,5-6H,1H3. The van der Waals surface area contributed by atoms with E-state index in [0.29, 0.717) is 11.1 Å². The van der Waals surface area contributed by atoms with Crippen molar-refractivity contribution in [2.75, 3.05) is 0 Å². The van der Waals surface area contributed by atoms with E-state index in [1.54, 1.807) is 13.0 Å². The second kappa shape index (κ2) is 4.33. The van der Waals surface area contributed by atoms with Gasteiger partial charge in [-0.1, -0.05) is 0 Å². The van der Waals surface area contributed by atoms with Gasteiger partial charge >= 0.3 is 5.69 Å². The Hall–Kier alpha value is -2.22. The molecule has 1 aromatic rings. The highest BCUT2D eigenvalue weighted by Crippen LogP contribution is 2.22. The van der Waals surface area contributed by atoms with Crippen LogP contribution in [-0.2, 0) is 0 Å². The number of aryl methyl sites for hydroxylation is 1. The summed E-state index contributed by atoms with van der Waals surface area (Å²) in [5.41, 5.74) is 0.454. The second-order valence-corrected chi connectivity index (χ2v) is 2.88. The maximum atomic E-state index is 13.1. The fraction of sp³-hybridized carbons (Fsp3) is 0.100. The molecule has 0 aliphatic rings. The van der Waals surface area contributed by atoms with Crippen LogP contribution in [-0.4, -0.2) is 4.92 Å². The fourth-order valence-electron chi connectivity index (χ4n) is 1.13. The maximum absolute atomic E-state index is 13.1. The number of nitro groups is 1. The molecule has 0 N–H and O–H groups in total. The van der Waals surface area contributed by atoms with E-state index >= 15 is 0 Å². The zero-order chi connectivity index (χ0) is 11.4. The normalized spacial score (nSPS) is 10.2. The Bertz CT molecular complexity index is 475. The summed E-state index contributed by atoms with van der Waals surface area (Å²) >= 11 is 0. The minimum Gasteiger partial charge on any atom is -0.258 e. The second-order valence-electron chi connectivity index (χ2n) is 2.88. The summed E-state index contributed by atoms with van der Waals surface area (Å²) < 4.78 is 13.1. The summed E-state index contributed by atoms with van der Waals surface area (Å²) in [5.74, 6) is -0.900. The molecule has 0 aromatic heterocycles. The van der Waals surface area contributed by atoms with E-state index in [2.05, 4.69) is 0 Å². The molecule has 0 fully saturated rings. The predicted octanol–water partition coefficient (Wildman–Crippen LogP) is 2.58. The molecule has 0 spiro atoms. The zero-order valence-corrected chi connectivity index (χ0v) is 7.90. The van der Waals surface area contributed by atoms with Crippen LogP contribution in [0.15, 0.2) is 18.2 Å². The molecule has 0 aliphatic heterocycles. The van der Waals surface area contributed by atoms with Gasteiger partial charge in [-0.15, -0.1) is 0 Å². The number of allylic oxidation sites excluding steroid dienone is 1. The molecule has 0 saturated carbocycles. The maximum Gasteiger partial charge on any atom is 0.305 e. The first kappa shape index (κ1) is 10.9. The summed E-state index contributed by atoms with van der Waals surface area (Å²) in [7, 11) is 0. The molecular weight excluding hydrogens is 199 g/mol. The third-order valence-electron chi connectivity index (χ3n) is 1.87. The Morgan fingerprint density at radius 3 is 2.80 bits per heavy atom. The first-order valence-electron chi connectivity index (χ1n) is 4.07. The van der Waals surface area contributed by atoms with Crippen molar-refractivity contribution in [2.24, 2.45) is 0 Å². The van der Waals surface area contributed by atoms with Gasteiger partial charge in [0, 0.05) is 12.1 Å².